The Hall–Kier alpha value is -2.69. The Balaban J connectivity index is 1.66. The quantitative estimate of drug-likeness (QED) is 0.901. The normalized spacial score (nSPS) is 14.4. The Morgan fingerprint density at radius 3 is 2.62 bits per heavy atom. The summed E-state index contributed by atoms with van der Waals surface area (Å²) in [7, 11) is 0. The zero-order valence-corrected chi connectivity index (χ0v) is 14.0. The highest BCUT2D eigenvalue weighted by Crippen LogP contribution is 2.32. The van der Waals surface area contributed by atoms with Gasteiger partial charge in [-0.3, -0.25) is 4.79 Å². The minimum absolute atomic E-state index is 0.0867. The standard InChI is InChI=1S/C19H22N2O3/c1-13-6-3-4-7-16(13)21-19(22)14(2)20-15-8-9-17-18(12-15)24-11-5-10-23-17/h3-4,6-9,12,14,20H,5,10-11H2,1-2H3,(H,21,22). The van der Waals surface area contributed by atoms with Crippen LogP contribution in [0.2, 0.25) is 0 Å². The van der Waals surface area contributed by atoms with Crippen LogP contribution in [-0.2, 0) is 4.79 Å². The maximum Gasteiger partial charge on any atom is 0.246 e. The van der Waals surface area contributed by atoms with Crippen molar-refractivity contribution < 1.29 is 14.3 Å². The van der Waals surface area contributed by atoms with Gasteiger partial charge >= 0.3 is 0 Å². The molecule has 1 aliphatic rings. The molecule has 3 rings (SSSR count). The number of rotatable bonds is 4. The largest absolute Gasteiger partial charge is 0.490 e. The summed E-state index contributed by atoms with van der Waals surface area (Å²) in [5, 5.41) is 6.15. The first-order valence-electron chi connectivity index (χ1n) is 8.16. The average molecular weight is 326 g/mol. The maximum absolute atomic E-state index is 12.4. The third-order valence-corrected chi connectivity index (χ3v) is 3.93. The van der Waals surface area contributed by atoms with E-state index in [-0.39, 0.29) is 11.9 Å². The van der Waals surface area contributed by atoms with E-state index in [0.29, 0.717) is 19.0 Å². The highest BCUT2D eigenvalue weighted by molar-refractivity contribution is 5.96. The fraction of sp³-hybridized carbons (Fsp3) is 0.316. The fourth-order valence-electron chi connectivity index (χ4n) is 2.52. The molecule has 1 unspecified atom stereocenters. The first-order chi connectivity index (χ1) is 11.6. The first kappa shape index (κ1) is 16.2. The molecule has 2 aromatic carbocycles. The number of hydrogen-bond acceptors (Lipinski definition) is 4. The summed E-state index contributed by atoms with van der Waals surface area (Å²) >= 11 is 0. The fourth-order valence-corrected chi connectivity index (χ4v) is 2.52. The van der Waals surface area contributed by atoms with Crippen molar-refractivity contribution in [2.24, 2.45) is 0 Å². The van der Waals surface area contributed by atoms with Gasteiger partial charge in [0.15, 0.2) is 11.5 Å². The molecule has 1 heterocycles. The number of carbonyl (C=O) groups is 1. The van der Waals surface area contributed by atoms with Gasteiger partial charge in [-0.1, -0.05) is 18.2 Å². The molecule has 0 bridgehead atoms. The third-order valence-electron chi connectivity index (χ3n) is 3.93. The second kappa shape index (κ2) is 7.25. The summed E-state index contributed by atoms with van der Waals surface area (Å²) in [6.07, 6.45) is 0.868. The molecule has 1 aliphatic heterocycles. The molecular weight excluding hydrogens is 304 g/mol. The van der Waals surface area contributed by atoms with E-state index in [1.165, 1.54) is 0 Å². The van der Waals surface area contributed by atoms with Gasteiger partial charge in [0.25, 0.3) is 0 Å². The van der Waals surface area contributed by atoms with Crippen LogP contribution in [0, 0.1) is 6.92 Å². The number of fused-ring (bicyclic) bond motifs is 1. The molecule has 0 radical (unpaired) electrons. The zero-order valence-electron chi connectivity index (χ0n) is 14.0. The molecule has 126 valence electrons. The van der Waals surface area contributed by atoms with Crippen LogP contribution in [0.15, 0.2) is 42.5 Å². The van der Waals surface area contributed by atoms with Gasteiger partial charge in [-0.25, -0.2) is 0 Å². The molecule has 0 saturated heterocycles. The molecule has 5 heteroatoms. The van der Waals surface area contributed by atoms with E-state index in [1.54, 1.807) is 0 Å². The van der Waals surface area contributed by atoms with E-state index in [0.717, 1.165) is 29.1 Å². The molecule has 0 fully saturated rings. The van der Waals surface area contributed by atoms with Gasteiger partial charge in [0.05, 0.1) is 13.2 Å². The molecule has 2 aromatic rings. The summed E-state index contributed by atoms with van der Waals surface area (Å²) in [6.45, 7) is 5.10. The van der Waals surface area contributed by atoms with E-state index < -0.39 is 0 Å². The summed E-state index contributed by atoms with van der Waals surface area (Å²) < 4.78 is 11.3. The molecule has 24 heavy (non-hydrogen) atoms. The smallest absolute Gasteiger partial charge is 0.246 e. The first-order valence-corrected chi connectivity index (χ1v) is 8.16. The zero-order chi connectivity index (χ0) is 16.9. The van der Waals surface area contributed by atoms with Crippen LogP contribution in [0.4, 0.5) is 11.4 Å². The Morgan fingerprint density at radius 1 is 1.08 bits per heavy atom. The lowest BCUT2D eigenvalue weighted by molar-refractivity contribution is -0.116. The summed E-state index contributed by atoms with van der Waals surface area (Å²) in [4.78, 5) is 12.4. The molecule has 1 atom stereocenters. The van der Waals surface area contributed by atoms with Gasteiger partial charge in [-0.15, -0.1) is 0 Å². The molecule has 1 amide bonds. The van der Waals surface area contributed by atoms with Gasteiger partial charge in [-0.05, 0) is 37.6 Å². The highest BCUT2D eigenvalue weighted by atomic mass is 16.5. The van der Waals surface area contributed by atoms with Crippen LogP contribution >= 0.6 is 0 Å². The van der Waals surface area contributed by atoms with Crippen LogP contribution in [-0.4, -0.2) is 25.2 Å². The minimum Gasteiger partial charge on any atom is -0.490 e. The molecule has 0 spiro atoms. The Bertz CT molecular complexity index is 730. The molecule has 0 aliphatic carbocycles. The molecular formula is C19H22N2O3. The minimum atomic E-state index is -0.380. The maximum atomic E-state index is 12.4. The van der Waals surface area contributed by atoms with E-state index in [2.05, 4.69) is 10.6 Å². The van der Waals surface area contributed by atoms with Crippen LogP contribution in [0.3, 0.4) is 0 Å². The lowest BCUT2D eigenvalue weighted by atomic mass is 10.2. The summed E-state index contributed by atoms with van der Waals surface area (Å²) in [6, 6.07) is 13.0. The number of anilines is 2. The lowest BCUT2D eigenvalue weighted by Crippen LogP contribution is -2.32. The van der Waals surface area contributed by atoms with Crippen LogP contribution in [0.1, 0.15) is 18.9 Å². The second-order valence-electron chi connectivity index (χ2n) is 5.88. The lowest BCUT2D eigenvalue weighted by Gasteiger charge is -2.17. The van der Waals surface area contributed by atoms with Gasteiger partial charge in [0, 0.05) is 23.9 Å². The van der Waals surface area contributed by atoms with Gasteiger partial charge in [0.1, 0.15) is 6.04 Å². The number of benzene rings is 2. The second-order valence-corrected chi connectivity index (χ2v) is 5.88. The van der Waals surface area contributed by atoms with Crippen molar-refractivity contribution in [3.05, 3.63) is 48.0 Å². The average Bonchev–Trinajstić information content (AvgIpc) is 2.81. The SMILES string of the molecule is Cc1ccccc1NC(=O)C(C)Nc1ccc2c(c1)OCCCO2. The van der Waals surface area contributed by atoms with Crippen LogP contribution in [0.5, 0.6) is 11.5 Å². The van der Waals surface area contributed by atoms with Crippen molar-refractivity contribution in [2.75, 3.05) is 23.8 Å². The van der Waals surface area contributed by atoms with Crippen molar-refractivity contribution in [1.29, 1.82) is 0 Å². The van der Waals surface area contributed by atoms with Crippen molar-refractivity contribution in [1.82, 2.24) is 0 Å². The highest BCUT2D eigenvalue weighted by Gasteiger charge is 2.16. The summed E-state index contributed by atoms with van der Waals surface area (Å²) in [5.41, 5.74) is 2.69. The third kappa shape index (κ3) is 3.79. The number of amides is 1. The van der Waals surface area contributed by atoms with Crippen molar-refractivity contribution in [3.8, 4) is 11.5 Å². The van der Waals surface area contributed by atoms with Crippen LogP contribution < -0.4 is 20.1 Å². The number of aryl methyl sites for hydroxylation is 1. The monoisotopic (exact) mass is 326 g/mol. The van der Waals surface area contributed by atoms with Crippen LogP contribution in [0.25, 0.3) is 0 Å². The number of carbonyl (C=O) groups excluding carboxylic acids is 1. The number of ether oxygens (including phenoxy) is 2. The van der Waals surface area contributed by atoms with E-state index >= 15 is 0 Å². The van der Waals surface area contributed by atoms with E-state index in [1.807, 2.05) is 56.3 Å². The van der Waals surface area contributed by atoms with Gasteiger partial charge in [0.2, 0.25) is 5.91 Å². The number of hydrogen-bond donors (Lipinski definition) is 2. The molecule has 0 saturated carbocycles. The Labute approximate surface area is 142 Å². The van der Waals surface area contributed by atoms with Gasteiger partial charge < -0.3 is 20.1 Å². The molecule has 5 nitrogen and oxygen atoms in total. The predicted molar refractivity (Wildman–Crippen MR) is 94.9 cm³/mol. The summed E-state index contributed by atoms with van der Waals surface area (Å²) in [5.74, 6) is 1.37. The number of para-hydroxylation sites is 1. The van der Waals surface area contributed by atoms with Crippen molar-refractivity contribution in [2.45, 2.75) is 26.3 Å². The van der Waals surface area contributed by atoms with Gasteiger partial charge in [-0.2, -0.15) is 0 Å². The van der Waals surface area contributed by atoms with E-state index in [9.17, 15) is 4.79 Å². The van der Waals surface area contributed by atoms with Crippen molar-refractivity contribution >= 4 is 17.3 Å². The van der Waals surface area contributed by atoms with E-state index in [4.69, 9.17) is 9.47 Å². The number of nitrogens with one attached hydrogen (secondary N) is 2. The Kier molecular flexibility index (Phi) is 4.89. The Morgan fingerprint density at radius 2 is 1.83 bits per heavy atom. The van der Waals surface area contributed by atoms with Crippen molar-refractivity contribution in [3.63, 3.8) is 0 Å². The topological polar surface area (TPSA) is 59.6 Å². The predicted octanol–water partition coefficient (Wildman–Crippen LogP) is 3.60. The molecule has 0 aromatic heterocycles. The molecule has 2 N–H and O–H groups in total.